The average molecular weight is 312 g/mol. The second kappa shape index (κ2) is 7.36. The normalized spacial score (nSPS) is 29.7. The molecule has 0 aromatic carbocycles. The third-order valence-electron chi connectivity index (χ3n) is 4.79. The Hall–Kier alpha value is 0.0600. The first-order valence-corrected chi connectivity index (χ1v) is 8.68. The second-order valence-corrected chi connectivity index (χ2v) is 6.80. The molecule has 3 unspecified atom stereocenters. The Morgan fingerprint density at radius 1 is 1.45 bits per heavy atom. The number of likely N-dealkylation sites (N-methyl/N-ethyl adjacent to an activating group) is 1. The van der Waals surface area contributed by atoms with Gasteiger partial charge >= 0.3 is 6.18 Å². The maximum Gasteiger partial charge on any atom is 0.391 e. The van der Waals surface area contributed by atoms with E-state index in [0.29, 0.717) is 19.0 Å². The molecule has 0 aromatic rings. The zero-order valence-corrected chi connectivity index (χ0v) is 13.5. The van der Waals surface area contributed by atoms with Gasteiger partial charge < -0.3 is 5.73 Å². The van der Waals surface area contributed by atoms with Gasteiger partial charge in [0.15, 0.2) is 0 Å². The molecule has 6 heteroatoms. The summed E-state index contributed by atoms with van der Waals surface area (Å²) in [6.07, 6.45) is 0.662. The van der Waals surface area contributed by atoms with Crippen LogP contribution in [0, 0.1) is 5.92 Å². The molecule has 0 spiro atoms. The van der Waals surface area contributed by atoms with Gasteiger partial charge in [-0.05, 0) is 39.0 Å². The van der Waals surface area contributed by atoms with Gasteiger partial charge in [-0.1, -0.05) is 13.3 Å². The Morgan fingerprint density at radius 2 is 2.10 bits per heavy atom. The molecule has 0 bridgehead atoms. The van der Waals surface area contributed by atoms with E-state index in [1.807, 2.05) is 13.3 Å². The molecule has 1 rings (SSSR count). The van der Waals surface area contributed by atoms with Crippen LogP contribution in [-0.4, -0.2) is 48.3 Å². The predicted octanol–water partition coefficient (Wildman–Crippen LogP) is 3.51. The van der Waals surface area contributed by atoms with Crippen molar-refractivity contribution in [2.75, 3.05) is 25.6 Å². The molecule has 0 saturated heterocycles. The standard InChI is InChI=1S/C14H27F3N2S/c1-4-12(9-20-3)19(2)13(10-18)7-5-6-11(8-13)14(15,16)17/h11-12H,4-10,18H2,1-3H3. The van der Waals surface area contributed by atoms with Crippen molar-refractivity contribution in [3.05, 3.63) is 0 Å². The smallest absolute Gasteiger partial charge is 0.329 e. The van der Waals surface area contributed by atoms with Crippen LogP contribution in [0.1, 0.15) is 39.0 Å². The van der Waals surface area contributed by atoms with Crippen LogP contribution >= 0.6 is 11.8 Å². The number of halogens is 3. The number of hydrogen-bond acceptors (Lipinski definition) is 3. The SMILES string of the molecule is CCC(CSC)N(C)C1(CN)CCCC(C(F)(F)F)C1. The molecule has 1 saturated carbocycles. The van der Waals surface area contributed by atoms with Crippen molar-refractivity contribution in [3.8, 4) is 0 Å². The van der Waals surface area contributed by atoms with Gasteiger partial charge in [0.1, 0.15) is 0 Å². The Bertz CT molecular complexity index is 299. The van der Waals surface area contributed by atoms with Crippen LogP contribution in [0.5, 0.6) is 0 Å². The second-order valence-electron chi connectivity index (χ2n) is 5.89. The fourth-order valence-corrected chi connectivity index (χ4v) is 4.20. The van der Waals surface area contributed by atoms with E-state index in [9.17, 15) is 13.2 Å². The molecule has 0 aromatic heterocycles. The summed E-state index contributed by atoms with van der Waals surface area (Å²) in [5, 5.41) is 0. The van der Waals surface area contributed by atoms with E-state index in [2.05, 4.69) is 11.8 Å². The fourth-order valence-electron chi connectivity index (χ4n) is 3.35. The first-order chi connectivity index (χ1) is 9.30. The highest BCUT2D eigenvalue weighted by Crippen LogP contribution is 2.44. The lowest BCUT2D eigenvalue weighted by Gasteiger charge is -2.49. The summed E-state index contributed by atoms with van der Waals surface area (Å²) >= 11 is 1.74. The lowest BCUT2D eigenvalue weighted by atomic mass is 9.74. The van der Waals surface area contributed by atoms with Crippen LogP contribution in [0.3, 0.4) is 0 Å². The van der Waals surface area contributed by atoms with E-state index in [4.69, 9.17) is 5.73 Å². The third kappa shape index (κ3) is 4.04. The minimum Gasteiger partial charge on any atom is -0.329 e. The Morgan fingerprint density at radius 3 is 2.55 bits per heavy atom. The minimum atomic E-state index is -4.09. The van der Waals surface area contributed by atoms with Crippen LogP contribution in [-0.2, 0) is 0 Å². The van der Waals surface area contributed by atoms with Crippen molar-refractivity contribution < 1.29 is 13.2 Å². The number of thioether (sulfide) groups is 1. The Labute approximate surface area is 124 Å². The molecule has 0 radical (unpaired) electrons. The van der Waals surface area contributed by atoms with E-state index in [1.54, 1.807) is 11.8 Å². The van der Waals surface area contributed by atoms with E-state index in [-0.39, 0.29) is 12.8 Å². The summed E-state index contributed by atoms with van der Waals surface area (Å²) in [5.41, 5.74) is 5.43. The number of rotatable bonds is 6. The zero-order valence-electron chi connectivity index (χ0n) is 12.7. The number of nitrogens with two attached hydrogens (primary N) is 1. The molecular formula is C14H27F3N2S. The van der Waals surface area contributed by atoms with Gasteiger partial charge in [0.2, 0.25) is 0 Å². The van der Waals surface area contributed by atoms with E-state index in [0.717, 1.165) is 18.6 Å². The molecule has 120 valence electrons. The number of nitrogens with zero attached hydrogens (tertiary/aromatic N) is 1. The molecule has 2 nitrogen and oxygen atoms in total. The van der Waals surface area contributed by atoms with Crippen molar-refractivity contribution in [3.63, 3.8) is 0 Å². The van der Waals surface area contributed by atoms with Crippen molar-refractivity contribution >= 4 is 11.8 Å². The van der Waals surface area contributed by atoms with E-state index >= 15 is 0 Å². The van der Waals surface area contributed by atoms with Crippen LogP contribution in [0.15, 0.2) is 0 Å². The van der Waals surface area contributed by atoms with E-state index in [1.165, 1.54) is 0 Å². The fraction of sp³-hybridized carbons (Fsp3) is 1.00. The van der Waals surface area contributed by atoms with Gasteiger partial charge in [-0.15, -0.1) is 0 Å². The summed E-state index contributed by atoms with van der Waals surface area (Å²) < 4.78 is 39.2. The monoisotopic (exact) mass is 312 g/mol. The van der Waals surface area contributed by atoms with Crippen molar-refractivity contribution in [2.24, 2.45) is 11.7 Å². The summed E-state index contributed by atoms with van der Waals surface area (Å²) in [4.78, 5) is 2.14. The highest BCUT2D eigenvalue weighted by atomic mass is 32.2. The van der Waals surface area contributed by atoms with Crippen LogP contribution in [0.25, 0.3) is 0 Å². The summed E-state index contributed by atoms with van der Waals surface area (Å²) in [7, 11) is 1.95. The van der Waals surface area contributed by atoms with Gasteiger partial charge in [0, 0.05) is 23.9 Å². The predicted molar refractivity (Wildman–Crippen MR) is 80.0 cm³/mol. The topological polar surface area (TPSA) is 29.3 Å². The largest absolute Gasteiger partial charge is 0.391 e. The van der Waals surface area contributed by atoms with Crippen molar-refractivity contribution in [1.29, 1.82) is 0 Å². The van der Waals surface area contributed by atoms with Gasteiger partial charge in [-0.3, -0.25) is 4.90 Å². The quantitative estimate of drug-likeness (QED) is 0.814. The summed E-state index contributed by atoms with van der Waals surface area (Å²) in [6.45, 7) is 2.40. The average Bonchev–Trinajstić information content (AvgIpc) is 2.43. The molecule has 1 aliphatic carbocycles. The third-order valence-corrected chi connectivity index (χ3v) is 5.51. The van der Waals surface area contributed by atoms with Gasteiger partial charge in [0.25, 0.3) is 0 Å². The molecule has 0 amide bonds. The van der Waals surface area contributed by atoms with E-state index < -0.39 is 17.6 Å². The molecule has 0 heterocycles. The number of hydrogen-bond donors (Lipinski definition) is 1. The maximum absolute atomic E-state index is 13.1. The van der Waals surface area contributed by atoms with Gasteiger partial charge in [-0.25, -0.2) is 0 Å². The lowest BCUT2D eigenvalue weighted by molar-refractivity contribution is -0.194. The van der Waals surface area contributed by atoms with Crippen LogP contribution in [0.4, 0.5) is 13.2 Å². The highest BCUT2D eigenvalue weighted by Gasteiger charge is 2.49. The molecule has 2 N–H and O–H groups in total. The summed E-state index contributed by atoms with van der Waals surface area (Å²) in [5.74, 6) is -0.264. The Balaban J connectivity index is 2.89. The number of alkyl halides is 3. The zero-order chi connectivity index (χ0) is 15.4. The summed E-state index contributed by atoms with van der Waals surface area (Å²) in [6, 6.07) is 0.292. The molecule has 0 aliphatic heterocycles. The molecule has 1 fully saturated rings. The molecule has 3 atom stereocenters. The van der Waals surface area contributed by atoms with Gasteiger partial charge in [0.05, 0.1) is 5.92 Å². The minimum absolute atomic E-state index is 0.147. The molecule has 1 aliphatic rings. The first-order valence-electron chi connectivity index (χ1n) is 7.29. The lowest BCUT2D eigenvalue weighted by Crippen LogP contribution is -2.59. The maximum atomic E-state index is 13.1. The Kier molecular flexibility index (Phi) is 6.67. The van der Waals surface area contributed by atoms with Crippen molar-refractivity contribution in [2.45, 2.75) is 56.8 Å². The first kappa shape index (κ1) is 18.1. The van der Waals surface area contributed by atoms with Crippen LogP contribution in [0.2, 0.25) is 0 Å². The van der Waals surface area contributed by atoms with Crippen LogP contribution < -0.4 is 5.73 Å². The molecule has 20 heavy (non-hydrogen) atoms. The van der Waals surface area contributed by atoms with Gasteiger partial charge in [-0.2, -0.15) is 24.9 Å². The molecular weight excluding hydrogens is 285 g/mol. The van der Waals surface area contributed by atoms with Crippen molar-refractivity contribution in [1.82, 2.24) is 4.90 Å². The highest BCUT2D eigenvalue weighted by molar-refractivity contribution is 7.98.